The minimum absolute atomic E-state index is 0. The Morgan fingerprint density at radius 3 is 2.45 bits per heavy atom. The maximum absolute atomic E-state index is 11.7. The topological polar surface area (TPSA) is 53.6 Å². The van der Waals surface area contributed by atoms with Gasteiger partial charge in [0.25, 0.3) is 0 Å². The molecule has 0 bridgehead atoms. The highest BCUT2D eigenvalue weighted by atomic mass is 35.5. The molecule has 1 aliphatic rings. The van der Waals surface area contributed by atoms with Crippen LogP contribution in [0.4, 0.5) is 0 Å². The Hall–Kier alpha value is -0.0700. The maximum atomic E-state index is 11.7. The van der Waals surface area contributed by atoms with E-state index < -0.39 is 0 Å². The zero-order chi connectivity index (χ0) is 14.8. The molecule has 0 spiro atoms. The highest BCUT2D eigenvalue weighted by Gasteiger charge is 2.20. The van der Waals surface area contributed by atoms with Crippen molar-refractivity contribution in [1.82, 2.24) is 15.5 Å². The SMILES string of the molecule is CNCCCC(=O)NC1CCN(CCOC(C)C)CC1.Cl.Cl. The third-order valence-corrected chi connectivity index (χ3v) is 3.64. The summed E-state index contributed by atoms with van der Waals surface area (Å²) in [6.07, 6.45) is 3.96. The average Bonchev–Trinajstić information content (AvgIpc) is 2.41. The summed E-state index contributed by atoms with van der Waals surface area (Å²) in [6.45, 7) is 8.96. The van der Waals surface area contributed by atoms with Gasteiger partial charge in [0.1, 0.15) is 0 Å². The number of ether oxygens (including phenoxy) is 1. The van der Waals surface area contributed by atoms with Crippen molar-refractivity contribution < 1.29 is 9.53 Å². The monoisotopic (exact) mass is 357 g/mol. The van der Waals surface area contributed by atoms with Crippen LogP contribution in [0.15, 0.2) is 0 Å². The summed E-state index contributed by atoms with van der Waals surface area (Å²) in [5, 5.41) is 6.21. The summed E-state index contributed by atoms with van der Waals surface area (Å²) in [5.41, 5.74) is 0. The Kier molecular flexibility index (Phi) is 16.0. The van der Waals surface area contributed by atoms with E-state index in [9.17, 15) is 4.79 Å². The summed E-state index contributed by atoms with van der Waals surface area (Å²) in [5.74, 6) is 0.196. The molecule has 1 aliphatic heterocycles. The second-order valence-electron chi connectivity index (χ2n) is 5.81. The van der Waals surface area contributed by atoms with Gasteiger partial charge in [-0.1, -0.05) is 0 Å². The quantitative estimate of drug-likeness (QED) is 0.618. The highest BCUT2D eigenvalue weighted by Crippen LogP contribution is 2.10. The van der Waals surface area contributed by atoms with E-state index in [-0.39, 0.29) is 30.7 Å². The van der Waals surface area contributed by atoms with E-state index in [4.69, 9.17) is 4.74 Å². The summed E-state index contributed by atoms with van der Waals surface area (Å²) < 4.78 is 5.57. The van der Waals surface area contributed by atoms with Crippen molar-refractivity contribution in [3.8, 4) is 0 Å². The molecule has 0 aromatic carbocycles. The number of carbonyl (C=O) groups excluding carboxylic acids is 1. The lowest BCUT2D eigenvalue weighted by atomic mass is 10.0. The fraction of sp³-hybridized carbons (Fsp3) is 0.933. The van der Waals surface area contributed by atoms with Crippen molar-refractivity contribution in [2.75, 3.05) is 39.8 Å². The number of nitrogens with one attached hydrogen (secondary N) is 2. The molecule has 1 fully saturated rings. The largest absolute Gasteiger partial charge is 0.377 e. The van der Waals surface area contributed by atoms with E-state index >= 15 is 0 Å². The van der Waals surface area contributed by atoms with Crippen LogP contribution in [0.3, 0.4) is 0 Å². The Bertz CT molecular complexity index is 274. The Balaban J connectivity index is 0. The molecule has 22 heavy (non-hydrogen) atoms. The van der Waals surface area contributed by atoms with Gasteiger partial charge in [0, 0.05) is 32.1 Å². The molecule has 0 aliphatic carbocycles. The molecular weight excluding hydrogens is 325 g/mol. The molecular formula is C15H33Cl2N3O2. The van der Waals surface area contributed by atoms with E-state index in [1.54, 1.807) is 0 Å². The van der Waals surface area contributed by atoms with Gasteiger partial charge in [-0.3, -0.25) is 4.79 Å². The van der Waals surface area contributed by atoms with Crippen LogP contribution in [0.5, 0.6) is 0 Å². The van der Waals surface area contributed by atoms with Crippen LogP contribution in [-0.4, -0.2) is 62.8 Å². The third kappa shape index (κ3) is 11.5. The van der Waals surface area contributed by atoms with Gasteiger partial charge in [-0.05, 0) is 46.7 Å². The van der Waals surface area contributed by atoms with Crippen molar-refractivity contribution in [1.29, 1.82) is 0 Å². The zero-order valence-electron chi connectivity index (χ0n) is 14.1. The number of halogens is 2. The number of amides is 1. The first-order valence-corrected chi connectivity index (χ1v) is 7.89. The van der Waals surface area contributed by atoms with Crippen LogP contribution in [0.1, 0.15) is 39.5 Å². The molecule has 1 amide bonds. The first-order chi connectivity index (χ1) is 9.61. The lowest BCUT2D eigenvalue weighted by Crippen LogP contribution is -2.45. The molecule has 0 radical (unpaired) electrons. The third-order valence-electron chi connectivity index (χ3n) is 3.64. The number of likely N-dealkylation sites (tertiary alicyclic amines) is 1. The van der Waals surface area contributed by atoms with Crippen LogP contribution in [-0.2, 0) is 9.53 Å². The second kappa shape index (κ2) is 14.5. The molecule has 1 saturated heterocycles. The van der Waals surface area contributed by atoms with E-state index in [2.05, 4.69) is 29.4 Å². The van der Waals surface area contributed by atoms with E-state index in [0.29, 0.717) is 18.6 Å². The fourth-order valence-corrected chi connectivity index (χ4v) is 2.44. The van der Waals surface area contributed by atoms with Gasteiger partial charge in [0.2, 0.25) is 5.91 Å². The molecule has 134 valence electrons. The first kappa shape index (κ1) is 24.2. The molecule has 0 unspecified atom stereocenters. The summed E-state index contributed by atoms with van der Waals surface area (Å²) in [7, 11) is 1.91. The Morgan fingerprint density at radius 2 is 1.91 bits per heavy atom. The molecule has 7 heteroatoms. The van der Waals surface area contributed by atoms with Crippen molar-refractivity contribution in [2.24, 2.45) is 0 Å². The highest BCUT2D eigenvalue weighted by molar-refractivity contribution is 5.85. The molecule has 0 atom stereocenters. The van der Waals surface area contributed by atoms with Gasteiger partial charge in [-0.2, -0.15) is 0 Å². The number of rotatable bonds is 9. The molecule has 2 N–H and O–H groups in total. The molecule has 1 rings (SSSR count). The summed E-state index contributed by atoms with van der Waals surface area (Å²) in [6, 6.07) is 0.361. The average molecular weight is 358 g/mol. The number of carbonyl (C=O) groups is 1. The van der Waals surface area contributed by atoms with E-state index in [0.717, 1.165) is 52.0 Å². The smallest absolute Gasteiger partial charge is 0.220 e. The van der Waals surface area contributed by atoms with E-state index in [1.807, 2.05) is 7.05 Å². The van der Waals surface area contributed by atoms with Crippen LogP contribution in [0.25, 0.3) is 0 Å². The van der Waals surface area contributed by atoms with Crippen molar-refractivity contribution in [3.63, 3.8) is 0 Å². The van der Waals surface area contributed by atoms with Gasteiger partial charge < -0.3 is 20.3 Å². The van der Waals surface area contributed by atoms with Crippen LogP contribution >= 0.6 is 24.8 Å². The normalized spacial score (nSPS) is 16.0. The van der Waals surface area contributed by atoms with Gasteiger partial charge in [0.05, 0.1) is 12.7 Å². The predicted molar refractivity (Wildman–Crippen MR) is 96.3 cm³/mol. The number of nitrogens with zero attached hydrogens (tertiary/aromatic N) is 1. The van der Waals surface area contributed by atoms with Gasteiger partial charge in [-0.15, -0.1) is 24.8 Å². The van der Waals surface area contributed by atoms with Gasteiger partial charge in [0.15, 0.2) is 0 Å². The summed E-state index contributed by atoms with van der Waals surface area (Å²) >= 11 is 0. The predicted octanol–water partition coefficient (Wildman–Crippen LogP) is 1.84. The minimum atomic E-state index is 0. The molecule has 0 saturated carbocycles. The lowest BCUT2D eigenvalue weighted by Gasteiger charge is -2.32. The van der Waals surface area contributed by atoms with Crippen LogP contribution in [0, 0.1) is 0 Å². The Morgan fingerprint density at radius 1 is 1.27 bits per heavy atom. The molecule has 5 nitrogen and oxygen atoms in total. The number of piperidine rings is 1. The van der Waals surface area contributed by atoms with Crippen LogP contribution in [0.2, 0.25) is 0 Å². The van der Waals surface area contributed by atoms with Crippen molar-refractivity contribution >= 4 is 30.7 Å². The maximum Gasteiger partial charge on any atom is 0.220 e. The van der Waals surface area contributed by atoms with Crippen LogP contribution < -0.4 is 10.6 Å². The number of hydrogen-bond donors (Lipinski definition) is 2. The number of hydrogen-bond acceptors (Lipinski definition) is 4. The first-order valence-electron chi connectivity index (χ1n) is 7.89. The van der Waals surface area contributed by atoms with Gasteiger partial charge >= 0.3 is 0 Å². The second-order valence-corrected chi connectivity index (χ2v) is 5.81. The lowest BCUT2D eigenvalue weighted by molar-refractivity contribution is -0.122. The molecule has 1 heterocycles. The zero-order valence-corrected chi connectivity index (χ0v) is 15.7. The standard InChI is InChI=1S/C15H31N3O2.2ClH/c1-13(2)20-12-11-18-9-6-14(7-10-18)17-15(19)5-4-8-16-3;;/h13-14,16H,4-12H2,1-3H3,(H,17,19);2*1H. The molecule has 0 aromatic rings. The Labute approximate surface area is 147 Å². The van der Waals surface area contributed by atoms with Crippen molar-refractivity contribution in [3.05, 3.63) is 0 Å². The summed E-state index contributed by atoms with van der Waals surface area (Å²) in [4.78, 5) is 14.2. The van der Waals surface area contributed by atoms with Gasteiger partial charge in [-0.25, -0.2) is 0 Å². The minimum Gasteiger partial charge on any atom is -0.377 e. The molecule has 0 aromatic heterocycles. The van der Waals surface area contributed by atoms with E-state index in [1.165, 1.54) is 0 Å². The van der Waals surface area contributed by atoms with Crippen molar-refractivity contribution in [2.45, 2.75) is 51.7 Å². The fourth-order valence-electron chi connectivity index (χ4n) is 2.44.